The largest absolute Gasteiger partial charge is 0.173 e. The van der Waals surface area contributed by atoms with Crippen molar-refractivity contribution < 1.29 is 0 Å². The van der Waals surface area contributed by atoms with Gasteiger partial charge < -0.3 is 0 Å². The summed E-state index contributed by atoms with van der Waals surface area (Å²) >= 11 is 4.71. The first kappa shape index (κ1) is 23.1. The average Bonchev–Trinajstić information content (AvgIpc) is 2.54. The maximum atomic E-state index is 4.71. The molecule has 138 valence electrons. The van der Waals surface area contributed by atoms with Gasteiger partial charge in [0.1, 0.15) is 0 Å². The zero-order valence-corrected chi connectivity index (χ0v) is 17.3. The summed E-state index contributed by atoms with van der Waals surface area (Å²) in [4.78, 5) is 0. The van der Waals surface area contributed by atoms with E-state index < -0.39 is 0 Å². The van der Waals surface area contributed by atoms with Crippen molar-refractivity contribution in [2.24, 2.45) is 0 Å². The summed E-state index contributed by atoms with van der Waals surface area (Å²) in [5, 5.41) is 0. The fraction of sp³-hybridized carbons (Fsp3) is 0.909. The van der Waals surface area contributed by atoms with Crippen molar-refractivity contribution in [3.8, 4) is 0 Å². The third kappa shape index (κ3) is 18.3. The lowest BCUT2D eigenvalue weighted by atomic mass is 9.98. The third-order valence-electron chi connectivity index (χ3n) is 4.99. The molecule has 1 atom stereocenters. The summed E-state index contributed by atoms with van der Waals surface area (Å²) in [5.74, 6) is 0. The summed E-state index contributed by atoms with van der Waals surface area (Å²) in [5.41, 5.74) is 0. The molecule has 0 radical (unpaired) electrons. The van der Waals surface area contributed by atoms with Gasteiger partial charge in [0.25, 0.3) is 0 Å². The minimum absolute atomic E-state index is 0.265. The van der Waals surface area contributed by atoms with Gasteiger partial charge in [-0.1, -0.05) is 97.1 Å². The molecule has 23 heavy (non-hydrogen) atoms. The Labute approximate surface area is 153 Å². The highest BCUT2D eigenvalue weighted by molar-refractivity contribution is 7.81. The van der Waals surface area contributed by atoms with Gasteiger partial charge in [0, 0.05) is 4.75 Å². The van der Waals surface area contributed by atoms with Gasteiger partial charge in [-0.15, -0.1) is 0 Å². The molecule has 0 amide bonds. The SMILES string of the molecule is CCCCCCCC/C=C\CCCCCCCCC(C)(S)CC. The molecule has 1 unspecified atom stereocenters. The summed E-state index contributed by atoms with van der Waals surface area (Å²) in [7, 11) is 0. The molecule has 0 aromatic rings. The van der Waals surface area contributed by atoms with Crippen LogP contribution < -0.4 is 0 Å². The van der Waals surface area contributed by atoms with E-state index in [9.17, 15) is 0 Å². The van der Waals surface area contributed by atoms with Crippen molar-refractivity contribution in [3.63, 3.8) is 0 Å². The van der Waals surface area contributed by atoms with Crippen LogP contribution in [0.25, 0.3) is 0 Å². The van der Waals surface area contributed by atoms with E-state index in [4.69, 9.17) is 12.6 Å². The first-order valence-corrected chi connectivity index (χ1v) is 10.9. The Bertz CT molecular complexity index is 255. The van der Waals surface area contributed by atoms with Crippen LogP contribution >= 0.6 is 12.6 Å². The van der Waals surface area contributed by atoms with Crippen molar-refractivity contribution in [3.05, 3.63) is 12.2 Å². The quantitative estimate of drug-likeness (QED) is 0.153. The van der Waals surface area contributed by atoms with Crippen LogP contribution in [-0.2, 0) is 0 Å². The standard InChI is InChI=1S/C22H44S/c1-4-6-7-8-9-10-11-12-13-14-15-16-17-18-19-20-21-22(3,23)5-2/h12-13,23H,4-11,14-21H2,1-3H3/b13-12-. The van der Waals surface area contributed by atoms with E-state index in [-0.39, 0.29) is 4.75 Å². The molecule has 0 nitrogen and oxygen atoms in total. The Hall–Kier alpha value is 0.0900. The Morgan fingerprint density at radius 3 is 1.57 bits per heavy atom. The van der Waals surface area contributed by atoms with Crippen molar-refractivity contribution in [2.75, 3.05) is 0 Å². The molecule has 0 saturated carbocycles. The lowest BCUT2D eigenvalue weighted by molar-refractivity contribution is 0.509. The predicted molar refractivity (Wildman–Crippen MR) is 112 cm³/mol. The Kier molecular flexibility index (Phi) is 17.0. The van der Waals surface area contributed by atoms with E-state index in [1.165, 1.54) is 103 Å². The van der Waals surface area contributed by atoms with E-state index in [0.717, 1.165) is 0 Å². The zero-order chi connectivity index (χ0) is 17.2. The molecule has 0 heterocycles. The summed E-state index contributed by atoms with van der Waals surface area (Å²) in [6, 6.07) is 0. The Morgan fingerprint density at radius 2 is 1.09 bits per heavy atom. The zero-order valence-electron chi connectivity index (χ0n) is 16.4. The minimum Gasteiger partial charge on any atom is -0.173 e. The topological polar surface area (TPSA) is 0 Å². The van der Waals surface area contributed by atoms with Gasteiger partial charge in [0.15, 0.2) is 0 Å². The predicted octanol–water partition coefficient (Wildman–Crippen LogP) is 8.51. The number of thiol groups is 1. The molecule has 0 spiro atoms. The Morgan fingerprint density at radius 1 is 0.652 bits per heavy atom. The van der Waals surface area contributed by atoms with Crippen LogP contribution in [0, 0.1) is 0 Å². The third-order valence-corrected chi connectivity index (χ3v) is 5.53. The lowest BCUT2D eigenvalue weighted by Gasteiger charge is -2.20. The van der Waals surface area contributed by atoms with Gasteiger partial charge in [-0.2, -0.15) is 12.6 Å². The molecule has 0 aliphatic carbocycles. The van der Waals surface area contributed by atoms with Crippen LogP contribution in [0.1, 0.15) is 124 Å². The van der Waals surface area contributed by atoms with Gasteiger partial charge in [0.05, 0.1) is 0 Å². The minimum atomic E-state index is 0.265. The van der Waals surface area contributed by atoms with E-state index in [1.54, 1.807) is 0 Å². The molecule has 0 rings (SSSR count). The van der Waals surface area contributed by atoms with Gasteiger partial charge in [-0.05, 0) is 38.5 Å². The van der Waals surface area contributed by atoms with Crippen LogP contribution in [0.4, 0.5) is 0 Å². The number of rotatable bonds is 17. The van der Waals surface area contributed by atoms with E-state index in [1.807, 2.05) is 0 Å². The molecule has 1 heteroatoms. The van der Waals surface area contributed by atoms with Crippen molar-refractivity contribution in [1.82, 2.24) is 0 Å². The van der Waals surface area contributed by atoms with Crippen molar-refractivity contribution in [2.45, 2.75) is 128 Å². The van der Waals surface area contributed by atoms with Crippen LogP contribution in [0.2, 0.25) is 0 Å². The van der Waals surface area contributed by atoms with Crippen molar-refractivity contribution in [1.29, 1.82) is 0 Å². The second kappa shape index (κ2) is 16.9. The van der Waals surface area contributed by atoms with Gasteiger partial charge in [-0.3, -0.25) is 0 Å². The molecule has 0 fully saturated rings. The monoisotopic (exact) mass is 340 g/mol. The molecular weight excluding hydrogens is 296 g/mol. The maximum absolute atomic E-state index is 4.71. The first-order valence-electron chi connectivity index (χ1n) is 10.5. The number of unbranched alkanes of at least 4 members (excludes halogenated alkanes) is 12. The normalized spacial score (nSPS) is 14.4. The Balaban J connectivity index is 3.16. The highest BCUT2D eigenvalue weighted by atomic mass is 32.1. The maximum Gasteiger partial charge on any atom is 0.00987 e. The lowest BCUT2D eigenvalue weighted by Crippen LogP contribution is -2.14. The fourth-order valence-electron chi connectivity index (χ4n) is 2.93. The summed E-state index contributed by atoms with van der Waals surface area (Å²) in [6.45, 7) is 6.80. The van der Waals surface area contributed by atoms with Crippen LogP contribution in [0.15, 0.2) is 12.2 Å². The second-order valence-corrected chi connectivity index (χ2v) is 8.62. The smallest absolute Gasteiger partial charge is 0.00987 e. The van der Waals surface area contributed by atoms with Gasteiger partial charge in [-0.25, -0.2) is 0 Å². The van der Waals surface area contributed by atoms with E-state index >= 15 is 0 Å². The highest BCUT2D eigenvalue weighted by Crippen LogP contribution is 2.25. The molecule has 0 N–H and O–H groups in total. The fourth-order valence-corrected chi connectivity index (χ4v) is 3.09. The number of hydrogen-bond acceptors (Lipinski definition) is 1. The van der Waals surface area contributed by atoms with Crippen LogP contribution in [-0.4, -0.2) is 4.75 Å². The molecular formula is C22H44S. The molecule has 0 aliphatic heterocycles. The highest BCUT2D eigenvalue weighted by Gasteiger charge is 2.14. The first-order chi connectivity index (χ1) is 11.1. The number of hydrogen-bond donors (Lipinski definition) is 1. The molecule has 0 aromatic heterocycles. The van der Waals surface area contributed by atoms with Crippen LogP contribution in [0.3, 0.4) is 0 Å². The van der Waals surface area contributed by atoms with E-state index in [2.05, 4.69) is 32.9 Å². The molecule has 0 saturated heterocycles. The number of allylic oxidation sites excluding steroid dienone is 2. The van der Waals surface area contributed by atoms with Crippen molar-refractivity contribution >= 4 is 12.6 Å². The summed E-state index contributed by atoms with van der Waals surface area (Å²) in [6.07, 6.45) is 26.7. The van der Waals surface area contributed by atoms with Gasteiger partial charge in [0.2, 0.25) is 0 Å². The van der Waals surface area contributed by atoms with E-state index in [0.29, 0.717) is 0 Å². The van der Waals surface area contributed by atoms with Gasteiger partial charge >= 0.3 is 0 Å². The average molecular weight is 341 g/mol. The molecule has 0 aliphatic rings. The second-order valence-electron chi connectivity index (χ2n) is 7.54. The molecule has 0 bridgehead atoms. The summed E-state index contributed by atoms with van der Waals surface area (Å²) < 4.78 is 0.265. The van der Waals surface area contributed by atoms with Crippen LogP contribution in [0.5, 0.6) is 0 Å². The molecule has 0 aromatic carbocycles.